The van der Waals surface area contributed by atoms with Crippen molar-refractivity contribution in [2.24, 2.45) is 0 Å². The molecule has 1 aromatic heterocycles. The maximum Gasteiger partial charge on any atom is 0.0300 e. The van der Waals surface area contributed by atoms with Crippen LogP contribution >= 0.6 is 27.3 Å². The number of halogens is 1. The summed E-state index contributed by atoms with van der Waals surface area (Å²) >= 11 is 5.31. The van der Waals surface area contributed by atoms with Crippen molar-refractivity contribution in [3.05, 3.63) is 56.7 Å². The lowest BCUT2D eigenvalue weighted by Gasteiger charge is -2.16. The Balaban J connectivity index is 1.37. The van der Waals surface area contributed by atoms with Crippen LogP contribution in [0.5, 0.6) is 0 Å². The molecule has 1 aliphatic rings. The van der Waals surface area contributed by atoms with Crippen LogP contribution in [0.15, 0.2) is 46.3 Å². The molecule has 1 saturated heterocycles. The molecule has 0 aliphatic carbocycles. The number of nitrogens with zero attached hydrogens (tertiary/aromatic N) is 1. The molecular formula is C17H21BrN2S. The number of thiophene rings is 1. The predicted molar refractivity (Wildman–Crippen MR) is 94.0 cm³/mol. The second-order valence-electron chi connectivity index (χ2n) is 5.60. The first-order valence-electron chi connectivity index (χ1n) is 7.52. The van der Waals surface area contributed by atoms with Gasteiger partial charge >= 0.3 is 0 Å². The van der Waals surface area contributed by atoms with Gasteiger partial charge in [-0.25, -0.2) is 0 Å². The molecule has 2 heterocycles. The van der Waals surface area contributed by atoms with Gasteiger partial charge in [-0.3, -0.25) is 0 Å². The Labute approximate surface area is 139 Å². The fourth-order valence-corrected chi connectivity index (χ4v) is 4.35. The molecule has 4 heteroatoms. The van der Waals surface area contributed by atoms with E-state index >= 15 is 0 Å². The monoisotopic (exact) mass is 364 g/mol. The highest BCUT2D eigenvalue weighted by Crippen LogP contribution is 2.26. The number of rotatable bonds is 6. The van der Waals surface area contributed by atoms with Crippen LogP contribution in [0.4, 0.5) is 0 Å². The third-order valence-corrected chi connectivity index (χ3v) is 5.77. The van der Waals surface area contributed by atoms with Gasteiger partial charge in [0.15, 0.2) is 0 Å². The van der Waals surface area contributed by atoms with E-state index in [4.69, 9.17) is 0 Å². The second kappa shape index (κ2) is 7.54. The molecule has 2 aromatic rings. The maximum atomic E-state index is 3.54. The highest BCUT2D eigenvalue weighted by molar-refractivity contribution is 9.10. The van der Waals surface area contributed by atoms with Gasteiger partial charge in [0.1, 0.15) is 0 Å². The third kappa shape index (κ3) is 4.39. The molecule has 3 rings (SSSR count). The molecule has 0 bridgehead atoms. The number of hydrogen-bond acceptors (Lipinski definition) is 3. The van der Waals surface area contributed by atoms with Crippen molar-refractivity contribution in [3.63, 3.8) is 0 Å². The molecule has 0 spiro atoms. The minimum Gasteiger partial charge on any atom is -0.311 e. The van der Waals surface area contributed by atoms with Gasteiger partial charge in [-0.15, -0.1) is 11.3 Å². The zero-order chi connectivity index (χ0) is 14.5. The molecule has 112 valence electrons. The first kappa shape index (κ1) is 15.2. The summed E-state index contributed by atoms with van der Waals surface area (Å²) in [5.74, 6) is 0.722. The standard InChI is InChI=1S/C17H21BrN2S/c18-16-10-17(21-13-16)11-19-7-9-20-8-6-15(12-20)14-4-2-1-3-5-14/h1-5,10,13,15,19H,6-9,11-12H2. The van der Waals surface area contributed by atoms with Gasteiger partial charge in [0.05, 0.1) is 0 Å². The molecule has 2 nitrogen and oxygen atoms in total. The van der Waals surface area contributed by atoms with Gasteiger partial charge in [0.25, 0.3) is 0 Å². The van der Waals surface area contributed by atoms with Crippen molar-refractivity contribution in [2.75, 3.05) is 26.2 Å². The molecule has 1 fully saturated rings. The maximum absolute atomic E-state index is 3.54. The minimum absolute atomic E-state index is 0.722. The molecule has 1 aliphatic heterocycles. The topological polar surface area (TPSA) is 15.3 Å². The van der Waals surface area contributed by atoms with Crippen LogP contribution in [0.25, 0.3) is 0 Å². The zero-order valence-corrected chi connectivity index (χ0v) is 14.5. The Morgan fingerprint density at radius 1 is 1.29 bits per heavy atom. The summed E-state index contributed by atoms with van der Waals surface area (Å²) in [5.41, 5.74) is 1.50. The summed E-state index contributed by atoms with van der Waals surface area (Å²) in [6, 6.07) is 13.1. The van der Waals surface area contributed by atoms with Crippen molar-refractivity contribution < 1.29 is 0 Å². The molecule has 1 unspecified atom stereocenters. The van der Waals surface area contributed by atoms with Crippen molar-refractivity contribution >= 4 is 27.3 Å². The Bertz CT molecular complexity index is 555. The van der Waals surface area contributed by atoms with E-state index in [1.807, 2.05) is 0 Å². The van der Waals surface area contributed by atoms with E-state index in [0.717, 1.165) is 25.6 Å². The number of nitrogens with one attached hydrogen (secondary N) is 1. The lowest BCUT2D eigenvalue weighted by atomic mass is 9.99. The quantitative estimate of drug-likeness (QED) is 0.776. The molecule has 1 aromatic carbocycles. The summed E-state index contributed by atoms with van der Waals surface area (Å²) in [7, 11) is 0. The minimum atomic E-state index is 0.722. The second-order valence-corrected chi connectivity index (χ2v) is 7.52. The van der Waals surface area contributed by atoms with Crippen molar-refractivity contribution in [2.45, 2.75) is 18.9 Å². The number of likely N-dealkylation sites (tertiary alicyclic amines) is 1. The van der Waals surface area contributed by atoms with Crippen LogP contribution in [-0.4, -0.2) is 31.1 Å². The van der Waals surface area contributed by atoms with Gasteiger partial charge < -0.3 is 10.2 Å². The smallest absolute Gasteiger partial charge is 0.0300 e. The first-order chi connectivity index (χ1) is 10.3. The van der Waals surface area contributed by atoms with Crippen LogP contribution in [0.2, 0.25) is 0 Å². The average Bonchev–Trinajstić information content (AvgIpc) is 3.14. The zero-order valence-electron chi connectivity index (χ0n) is 12.1. The van der Waals surface area contributed by atoms with Crippen LogP contribution in [0, 0.1) is 0 Å². The van der Waals surface area contributed by atoms with E-state index in [1.54, 1.807) is 11.3 Å². The highest BCUT2D eigenvalue weighted by Gasteiger charge is 2.22. The lowest BCUT2D eigenvalue weighted by Crippen LogP contribution is -2.30. The van der Waals surface area contributed by atoms with Crippen molar-refractivity contribution in [1.82, 2.24) is 10.2 Å². The van der Waals surface area contributed by atoms with E-state index in [2.05, 4.69) is 67.9 Å². The van der Waals surface area contributed by atoms with E-state index < -0.39 is 0 Å². The molecule has 0 amide bonds. The Morgan fingerprint density at radius 3 is 2.90 bits per heavy atom. The Kier molecular flexibility index (Phi) is 5.47. The van der Waals surface area contributed by atoms with Crippen LogP contribution in [-0.2, 0) is 6.54 Å². The summed E-state index contributed by atoms with van der Waals surface area (Å²) in [4.78, 5) is 3.97. The van der Waals surface area contributed by atoms with Gasteiger partial charge in [-0.05, 0) is 46.4 Å². The number of hydrogen-bond donors (Lipinski definition) is 1. The molecule has 0 saturated carbocycles. The SMILES string of the molecule is Brc1csc(CNCCN2CCC(c3ccccc3)C2)c1. The molecule has 0 radical (unpaired) electrons. The Morgan fingerprint density at radius 2 is 2.14 bits per heavy atom. The molecule has 1 N–H and O–H groups in total. The van der Waals surface area contributed by atoms with Gasteiger partial charge in [-0.2, -0.15) is 0 Å². The Hall–Kier alpha value is -0.680. The third-order valence-electron chi connectivity index (χ3n) is 4.07. The summed E-state index contributed by atoms with van der Waals surface area (Å²) in [6.45, 7) is 5.63. The van der Waals surface area contributed by atoms with E-state index in [9.17, 15) is 0 Å². The number of benzene rings is 1. The average molecular weight is 365 g/mol. The van der Waals surface area contributed by atoms with E-state index in [-0.39, 0.29) is 0 Å². The van der Waals surface area contributed by atoms with E-state index in [1.165, 1.54) is 34.4 Å². The lowest BCUT2D eigenvalue weighted by molar-refractivity contribution is 0.331. The van der Waals surface area contributed by atoms with E-state index in [0.29, 0.717) is 0 Å². The van der Waals surface area contributed by atoms with Gasteiger partial charge in [0, 0.05) is 40.9 Å². The summed E-state index contributed by atoms with van der Waals surface area (Å²) in [5, 5.41) is 5.69. The van der Waals surface area contributed by atoms with Crippen LogP contribution in [0.3, 0.4) is 0 Å². The first-order valence-corrected chi connectivity index (χ1v) is 9.19. The van der Waals surface area contributed by atoms with Crippen LogP contribution in [0.1, 0.15) is 22.8 Å². The molecule has 21 heavy (non-hydrogen) atoms. The van der Waals surface area contributed by atoms with Gasteiger partial charge in [0.2, 0.25) is 0 Å². The largest absolute Gasteiger partial charge is 0.311 e. The molecule has 1 atom stereocenters. The predicted octanol–water partition coefficient (Wildman–Crippen LogP) is 4.09. The summed E-state index contributed by atoms with van der Waals surface area (Å²) < 4.78 is 1.19. The fourth-order valence-electron chi connectivity index (χ4n) is 2.93. The van der Waals surface area contributed by atoms with Crippen molar-refractivity contribution in [1.29, 1.82) is 0 Å². The van der Waals surface area contributed by atoms with Gasteiger partial charge in [-0.1, -0.05) is 30.3 Å². The van der Waals surface area contributed by atoms with Crippen molar-refractivity contribution in [3.8, 4) is 0 Å². The molecular weight excluding hydrogens is 344 g/mol. The highest BCUT2D eigenvalue weighted by atomic mass is 79.9. The summed E-state index contributed by atoms with van der Waals surface area (Å²) in [6.07, 6.45) is 1.29. The fraction of sp³-hybridized carbons (Fsp3) is 0.412. The normalized spacial score (nSPS) is 19.2. The van der Waals surface area contributed by atoms with Crippen LogP contribution < -0.4 is 5.32 Å².